The van der Waals surface area contributed by atoms with Crippen LogP contribution in [0.25, 0.3) is 0 Å². The molecule has 0 aliphatic carbocycles. The van der Waals surface area contributed by atoms with Crippen molar-refractivity contribution in [2.45, 2.75) is 32.8 Å². The Hall–Kier alpha value is -1.82. The zero-order chi connectivity index (χ0) is 15.9. The Kier molecular flexibility index (Phi) is 6.00. The third kappa shape index (κ3) is 3.88. The van der Waals surface area contributed by atoms with Crippen molar-refractivity contribution in [2.24, 2.45) is 0 Å². The highest BCUT2D eigenvalue weighted by atomic mass is 32.1. The van der Waals surface area contributed by atoms with Gasteiger partial charge in [0.25, 0.3) is 5.91 Å². The molecule has 22 heavy (non-hydrogen) atoms. The Bertz CT molecular complexity index is 536. The molecule has 0 unspecified atom stereocenters. The van der Waals surface area contributed by atoms with Crippen LogP contribution in [-0.2, 0) is 4.79 Å². The van der Waals surface area contributed by atoms with E-state index in [1.54, 1.807) is 0 Å². The van der Waals surface area contributed by atoms with E-state index in [1.807, 2.05) is 36.1 Å². The van der Waals surface area contributed by atoms with E-state index in [1.165, 1.54) is 0 Å². The van der Waals surface area contributed by atoms with Gasteiger partial charge in [-0.1, -0.05) is 26.0 Å². The molecule has 0 saturated carbocycles. The molecule has 2 N–H and O–H groups in total. The molecular formula is C16H23N3O2S. The number of amides is 1. The minimum Gasteiger partial charge on any atom is -0.477 e. The molecule has 120 valence electrons. The smallest absolute Gasteiger partial charge is 0.262 e. The standard InChI is InChI=1S/C16H23N3O2S/c1-3-9-17-15(20)14-11-19(16(22)18-10-4-2)12-7-5-6-8-13(12)21-14/h5-8,14H,3-4,9-11H2,1-2H3,(H,17,20)(H,18,22)/t14-/m1/s1. The zero-order valence-electron chi connectivity index (χ0n) is 13.1. The molecule has 1 aromatic carbocycles. The van der Waals surface area contributed by atoms with Crippen LogP contribution in [0.1, 0.15) is 26.7 Å². The summed E-state index contributed by atoms with van der Waals surface area (Å²) >= 11 is 5.47. The number of benzene rings is 1. The molecule has 5 nitrogen and oxygen atoms in total. The summed E-state index contributed by atoms with van der Waals surface area (Å²) in [6.45, 7) is 5.99. The van der Waals surface area contributed by atoms with Crippen LogP contribution in [0.15, 0.2) is 24.3 Å². The van der Waals surface area contributed by atoms with Gasteiger partial charge in [-0.3, -0.25) is 4.79 Å². The maximum absolute atomic E-state index is 12.2. The van der Waals surface area contributed by atoms with E-state index >= 15 is 0 Å². The third-order valence-electron chi connectivity index (χ3n) is 3.39. The number of ether oxygens (including phenoxy) is 1. The average molecular weight is 321 g/mol. The van der Waals surface area contributed by atoms with E-state index in [0.717, 1.165) is 25.1 Å². The SMILES string of the molecule is CCCNC(=O)[C@H]1CN(C(=S)NCCC)c2ccccc2O1. The monoisotopic (exact) mass is 321 g/mol. The second kappa shape index (κ2) is 7.98. The summed E-state index contributed by atoms with van der Waals surface area (Å²) in [7, 11) is 0. The topological polar surface area (TPSA) is 53.6 Å². The summed E-state index contributed by atoms with van der Waals surface area (Å²) in [6, 6.07) is 7.65. The molecule has 0 fully saturated rings. The predicted molar refractivity (Wildman–Crippen MR) is 92.4 cm³/mol. The number of para-hydroxylation sites is 2. The van der Waals surface area contributed by atoms with E-state index in [0.29, 0.717) is 24.0 Å². The van der Waals surface area contributed by atoms with Gasteiger partial charge in [0, 0.05) is 13.1 Å². The molecule has 0 radical (unpaired) electrons. The molecule has 1 aromatic rings. The fourth-order valence-electron chi connectivity index (χ4n) is 2.25. The van der Waals surface area contributed by atoms with Gasteiger partial charge in [0.05, 0.1) is 12.2 Å². The molecule has 0 spiro atoms. The first-order chi connectivity index (χ1) is 10.7. The second-order valence-corrected chi connectivity index (χ2v) is 5.59. The van der Waals surface area contributed by atoms with Crippen molar-refractivity contribution in [3.8, 4) is 5.75 Å². The van der Waals surface area contributed by atoms with Crippen LogP contribution in [-0.4, -0.2) is 36.8 Å². The van der Waals surface area contributed by atoms with Gasteiger partial charge in [0.2, 0.25) is 0 Å². The maximum Gasteiger partial charge on any atom is 0.262 e. The molecule has 0 saturated heterocycles. The number of carbonyl (C=O) groups excluding carboxylic acids is 1. The van der Waals surface area contributed by atoms with Crippen LogP contribution in [0.4, 0.5) is 5.69 Å². The van der Waals surface area contributed by atoms with E-state index in [9.17, 15) is 4.79 Å². The number of hydrogen-bond acceptors (Lipinski definition) is 3. The average Bonchev–Trinajstić information content (AvgIpc) is 2.56. The van der Waals surface area contributed by atoms with Gasteiger partial charge in [-0.2, -0.15) is 0 Å². The quantitative estimate of drug-likeness (QED) is 0.813. The van der Waals surface area contributed by atoms with Crippen LogP contribution in [0.2, 0.25) is 0 Å². The molecule has 0 aromatic heterocycles. The van der Waals surface area contributed by atoms with Gasteiger partial charge in [0.15, 0.2) is 11.2 Å². The number of hydrogen-bond donors (Lipinski definition) is 2. The highest BCUT2D eigenvalue weighted by molar-refractivity contribution is 7.80. The Morgan fingerprint density at radius 2 is 1.95 bits per heavy atom. The fraction of sp³-hybridized carbons (Fsp3) is 0.500. The molecule has 1 amide bonds. The Labute approximate surface area is 137 Å². The molecular weight excluding hydrogens is 298 g/mol. The lowest BCUT2D eigenvalue weighted by Gasteiger charge is -2.35. The summed E-state index contributed by atoms with van der Waals surface area (Å²) in [5.74, 6) is 0.589. The van der Waals surface area contributed by atoms with E-state index in [2.05, 4.69) is 17.6 Å². The van der Waals surface area contributed by atoms with Crippen molar-refractivity contribution < 1.29 is 9.53 Å². The summed E-state index contributed by atoms with van der Waals surface area (Å²) in [4.78, 5) is 14.2. The van der Waals surface area contributed by atoms with Crippen LogP contribution in [0.5, 0.6) is 5.75 Å². The van der Waals surface area contributed by atoms with E-state index < -0.39 is 6.10 Å². The van der Waals surface area contributed by atoms with Crippen LogP contribution in [0, 0.1) is 0 Å². The largest absolute Gasteiger partial charge is 0.477 e. The number of carbonyl (C=O) groups is 1. The summed E-state index contributed by atoms with van der Waals surface area (Å²) in [5.41, 5.74) is 0.899. The highest BCUT2D eigenvalue weighted by Gasteiger charge is 2.32. The number of thiocarbonyl (C=S) groups is 1. The van der Waals surface area contributed by atoms with Gasteiger partial charge in [-0.05, 0) is 37.2 Å². The van der Waals surface area contributed by atoms with Crippen LogP contribution < -0.4 is 20.3 Å². The highest BCUT2D eigenvalue weighted by Crippen LogP contribution is 2.33. The van der Waals surface area contributed by atoms with Gasteiger partial charge in [0.1, 0.15) is 5.75 Å². The van der Waals surface area contributed by atoms with Crippen molar-refractivity contribution in [3.63, 3.8) is 0 Å². The number of nitrogens with one attached hydrogen (secondary N) is 2. The molecule has 1 atom stereocenters. The minimum absolute atomic E-state index is 0.0976. The minimum atomic E-state index is -0.553. The normalized spacial score (nSPS) is 16.5. The van der Waals surface area contributed by atoms with Crippen molar-refractivity contribution in [1.29, 1.82) is 0 Å². The number of fused-ring (bicyclic) bond motifs is 1. The van der Waals surface area contributed by atoms with Crippen molar-refractivity contribution in [2.75, 3.05) is 24.5 Å². The molecule has 1 heterocycles. The zero-order valence-corrected chi connectivity index (χ0v) is 13.9. The van der Waals surface area contributed by atoms with Gasteiger partial charge in [-0.15, -0.1) is 0 Å². The van der Waals surface area contributed by atoms with Crippen molar-refractivity contribution >= 4 is 28.9 Å². The van der Waals surface area contributed by atoms with E-state index in [4.69, 9.17) is 17.0 Å². The lowest BCUT2D eigenvalue weighted by Crippen LogP contribution is -2.53. The van der Waals surface area contributed by atoms with Gasteiger partial charge < -0.3 is 20.3 Å². The summed E-state index contributed by atoms with van der Waals surface area (Å²) < 4.78 is 5.83. The van der Waals surface area contributed by atoms with Gasteiger partial charge >= 0.3 is 0 Å². The maximum atomic E-state index is 12.2. The number of rotatable bonds is 5. The molecule has 1 aliphatic heterocycles. The van der Waals surface area contributed by atoms with E-state index in [-0.39, 0.29) is 5.91 Å². The summed E-state index contributed by atoms with van der Waals surface area (Å²) in [6.07, 6.45) is 1.34. The van der Waals surface area contributed by atoms with Crippen LogP contribution in [0.3, 0.4) is 0 Å². The second-order valence-electron chi connectivity index (χ2n) is 5.21. The van der Waals surface area contributed by atoms with Crippen LogP contribution >= 0.6 is 12.2 Å². The first-order valence-electron chi connectivity index (χ1n) is 7.76. The molecule has 6 heteroatoms. The van der Waals surface area contributed by atoms with Crippen molar-refractivity contribution in [1.82, 2.24) is 10.6 Å². The third-order valence-corrected chi connectivity index (χ3v) is 3.75. The first kappa shape index (κ1) is 16.5. The van der Waals surface area contributed by atoms with Gasteiger partial charge in [-0.25, -0.2) is 0 Å². The van der Waals surface area contributed by atoms with Crippen molar-refractivity contribution in [3.05, 3.63) is 24.3 Å². The molecule has 2 rings (SSSR count). The Balaban J connectivity index is 2.17. The lowest BCUT2D eigenvalue weighted by atomic mass is 10.2. The number of nitrogens with zero attached hydrogens (tertiary/aromatic N) is 1. The first-order valence-corrected chi connectivity index (χ1v) is 8.17. The number of anilines is 1. The predicted octanol–water partition coefficient (Wildman–Crippen LogP) is 2.06. The fourth-order valence-corrected chi connectivity index (χ4v) is 2.53. The lowest BCUT2D eigenvalue weighted by molar-refractivity contribution is -0.127. The Morgan fingerprint density at radius 3 is 2.68 bits per heavy atom. The molecule has 1 aliphatic rings. The molecule has 0 bridgehead atoms. The Morgan fingerprint density at radius 1 is 1.27 bits per heavy atom. The summed E-state index contributed by atoms with van der Waals surface area (Å²) in [5, 5.41) is 6.73.